The number of hydrogen-bond acceptors (Lipinski definition) is 7. The van der Waals surface area contributed by atoms with E-state index in [4.69, 9.17) is 11.6 Å². The van der Waals surface area contributed by atoms with Gasteiger partial charge in [-0.25, -0.2) is 0 Å². The second-order valence-electron chi connectivity index (χ2n) is 6.78. The van der Waals surface area contributed by atoms with Crippen molar-refractivity contribution in [1.82, 2.24) is 20.1 Å². The number of thioether (sulfide) groups is 1. The molecule has 2 N–H and O–H groups in total. The molecule has 2 aromatic carbocycles. The van der Waals surface area contributed by atoms with E-state index in [0.29, 0.717) is 27.3 Å². The Kier molecular flexibility index (Phi) is 7.49. The Morgan fingerprint density at radius 2 is 1.81 bits per heavy atom. The van der Waals surface area contributed by atoms with Crippen LogP contribution in [0.25, 0.3) is 0 Å². The molecular weight excluding hydrogens is 454 g/mol. The molecule has 166 valence electrons. The number of carbonyl (C=O) groups is 3. The first-order chi connectivity index (χ1) is 15.3. The van der Waals surface area contributed by atoms with E-state index in [1.54, 1.807) is 42.8 Å². The number of carbonyl (C=O) groups excluding carboxylic acids is 3. The molecule has 0 bridgehead atoms. The largest absolute Gasteiger partial charge is 0.545 e. The number of nitrogens with one attached hydrogen (secondary N) is 2. The van der Waals surface area contributed by atoms with Gasteiger partial charge in [-0.2, -0.15) is 0 Å². The molecule has 1 heterocycles. The van der Waals surface area contributed by atoms with Crippen molar-refractivity contribution in [3.8, 4) is 0 Å². The number of nitrogens with zero attached hydrogens (tertiary/aromatic N) is 3. The number of carboxylic acid groups (broad SMARTS) is 1. The summed E-state index contributed by atoms with van der Waals surface area (Å²) in [6, 6.07) is 12.0. The summed E-state index contributed by atoms with van der Waals surface area (Å²) in [5.41, 5.74) is 0.858. The minimum Gasteiger partial charge on any atom is -0.545 e. The van der Waals surface area contributed by atoms with Gasteiger partial charge in [0, 0.05) is 12.7 Å². The van der Waals surface area contributed by atoms with Crippen LogP contribution in [0, 0.1) is 0 Å². The fourth-order valence-corrected chi connectivity index (χ4v) is 3.77. The molecule has 0 fully saturated rings. The van der Waals surface area contributed by atoms with Crippen molar-refractivity contribution in [3.05, 3.63) is 70.5 Å². The molecule has 0 aliphatic heterocycles. The van der Waals surface area contributed by atoms with Gasteiger partial charge in [0.25, 0.3) is 5.91 Å². The van der Waals surface area contributed by atoms with Gasteiger partial charge in [-0.1, -0.05) is 47.6 Å². The Balaban J connectivity index is 1.57. The van der Waals surface area contributed by atoms with E-state index < -0.39 is 12.0 Å². The van der Waals surface area contributed by atoms with Crippen LogP contribution < -0.4 is 15.7 Å². The lowest BCUT2D eigenvalue weighted by atomic mass is 10.2. The molecule has 9 nitrogen and oxygen atoms in total. The molecule has 0 spiro atoms. The monoisotopic (exact) mass is 472 g/mol. The lowest BCUT2D eigenvalue weighted by Gasteiger charge is -2.14. The molecule has 32 heavy (non-hydrogen) atoms. The smallest absolute Gasteiger partial charge is 0.253 e. The second-order valence-corrected chi connectivity index (χ2v) is 8.13. The Morgan fingerprint density at radius 3 is 2.47 bits per heavy atom. The summed E-state index contributed by atoms with van der Waals surface area (Å²) in [4.78, 5) is 35.4. The lowest BCUT2D eigenvalue weighted by molar-refractivity contribution is -0.255. The van der Waals surface area contributed by atoms with Crippen LogP contribution in [-0.4, -0.2) is 38.3 Å². The van der Waals surface area contributed by atoms with Gasteiger partial charge < -0.3 is 25.1 Å². The summed E-state index contributed by atoms with van der Waals surface area (Å²) in [5.74, 6) is -1.32. The van der Waals surface area contributed by atoms with E-state index in [0.717, 1.165) is 0 Å². The first-order valence-electron chi connectivity index (χ1n) is 9.45. The maximum absolute atomic E-state index is 12.5. The quantitative estimate of drug-likeness (QED) is 0.480. The predicted molar refractivity (Wildman–Crippen MR) is 118 cm³/mol. The molecule has 0 radical (unpaired) electrons. The zero-order valence-electron chi connectivity index (χ0n) is 17.2. The molecule has 1 aromatic heterocycles. The number of aromatic carboxylic acids is 1. The summed E-state index contributed by atoms with van der Waals surface area (Å²) >= 11 is 7.25. The zero-order valence-corrected chi connectivity index (χ0v) is 18.7. The van der Waals surface area contributed by atoms with Crippen molar-refractivity contribution in [3.63, 3.8) is 0 Å². The number of carboxylic acids is 1. The number of aromatic nitrogens is 3. The van der Waals surface area contributed by atoms with E-state index in [1.165, 1.54) is 36.0 Å². The molecule has 0 aliphatic carbocycles. The number of anilines is 1. The van der Waals surface area contributed by atoms with E-state index in [-0.39, 0.29) is 23.1 Å². The Labute approximate surface area is 193 Å². The van der Waals surface area contributed by atoms with E-state index >= 15 is 0 Å². The van der Waals surface area contributed by atoms with E-state index in [1.807, 2.05) is 0 Å². The SMILES string of the molecule is C[C@H](NC(=O)c1ccccc1Cl)c1nnc(SCC(=O)Nc2ccc(C(=O)[O-])cc2)n1C. The van der Waals surface area contributed by atoms with Gasteiger partial charge in [-0.05, 0) is 36.8 Å². The Hall–Kier alpha value is -3.37. The highest BCUT2D eigenvalue weighted by Crippen LogP contribution is 2.21. The third-order valence-corrected chi connectivity index (χ3v) is 5.81. The van der Waals surface area contributed by atoms with Gasteiger partial charge in [-0.15, -0.1) is 10.2 Å². The van der Waals surface area contributed by atoms with Crippen LogP contribution >= 0.6 is 23.4 Å². The highest BCUT2D eigenvalue weighted by Gasteiger charge is 2.20. The second kappa shape index (κ2) is 10.3. The van der Waals surface area contributed by atoms with Crippen LogP contribution in [-0.2, 0) is 11.8 Å². The standard InChI is InChI=1S/C21H20ClN5O4S/c1-12(23-19(29)15-5-3-4-6-16(15)22)18-25-26-21(27(18)2)32-11-17(28)24-14-9-7-13(8-10-14)20(30)31/h3-10,12H,11H2,1-2H3,(H,23,29)(H,24,28)(H,30,31)/p-1/t12-/m0/s1. The summed E-state index contributed by atoms with van der Waals surface area (Å²) in [6.45, 7) is 1.77. The van der Waals surface area contributed by atoms with Gasteiger partial charge in [0.05, 0.1) is 28.4 Å². The van der Waals surface area contributed by atoms with Crippen LogP contribution in [0.4, 0.5) is 5.69 Å². The molecule has 2 amide bonds. The van der Waals surface area contributed by atoms with E-state index in [2.05, 4.69) is 20.8 Å². The number of rotatable bonds is 8. The average Bonchev–Trinajstić information content (AvgIpc) is 3.13. The molecule has 3 rings (SSSR count). The number of hydrogen-bond donors (Lipinski definition) is 2. The van der Waals surface area contributed by atoms with Gasteiger partial charge in [0.15, 0.2) is 11.0 Å². The van der Waals surface area contributed by atoms with Crippen LogP contribution in [0.1, 0.15) is 39.5 Å². The number of amides is 2. The van der Waals surface area contributed by atoms with Crippen molar-refractivity contribution >= 4 is 46.8 Å². The molecule has 0 aliphatic rings. The summed E-state index contributed by atoms with van der Waals surface area (Å²) in [6.07, 6.45) is 0. The predicted octanol–water partition coefficient (Wildman–Crippen LogP) is 2.05. The molecule has 0 saturated heterocycles. The van der Waals surface area contributed by atoms with Crippen molar-refractivity contribution in [2.75, 3.05) is 11.1 Å². The number of benzene rings is 2. The van der Waals surface area contributed by atoms with Crippen LogP contribution in [0.5, 0.6) is 0 Å². The fraction of sp³-hybridized carbons (Fsp3) is 0.190. The lowest BCUT2D eigenvalue weighted by Crippen LogP contribution is -2.28. The van der Waals surface area contributed by atoms with Crippen molar-refractivity contribution in [2.24, 2.45) is 7.05 Å². The van der Waals surface area contributed by atoms with Crippen molar-refractivity contribution in [1.29, 1.82) is 0 Å². The molecule has 3 aromatic rings. The Bertz CT molecular complexity index is 1150. The average molecular weight is 473 g/mol. The first kappa shape index (κ1) is 23.3. The molecule has 11 heteroatoms. The third-order valence-electron chi connectivity index (χ3n) is 4.46. The van der Waals surface area contributed by atoms with Gasteiger partial charge in [0.1, 0.15) is 0 Å². The van der Waals surface area contributed by atoms with Crippen LogP contribution in [0.15, 0.2) is 53.7 Å². The minimum absolute atomic E-state index is 0.0275. The summed E-state index contributed by atoms with van der Waals surface area (Å²) < 4.78 is 1.70. The highest BCUT2D eigenvalue weighted by molar-refractivity contribution is 7.99. The van der Waals surface area contributed by atoms with Crippen LogP contribution in [0.2, 0.25) is 5.02 Å². The molecule has 1 atom stereocenters. The molecular formula is C21H19ClN5O4S-. The number of halogens is 1. The summed E-state index contributed by atoms with van der Waals surface area (Å²) in [5, 5.41) is 25.4. The highest BCUT2D eigenvalue weighted by atomic mass is 35.5. The van der Waals surface area contributed by atoms with Gasteiger partial charge in [0.2, 0.25) is 5.91 Å². The van der Waals surface area contributed by atoms with Gasteiger partial charge >= 0.3 is 0 Å². The normalized spacial score (nSPS) is 11.6. The first-order valence-corrected chi connectivity index (χ1v) is 10.8. The van der Waals surface area contributed by atoms with E-state index in [9.17, 15) is 19.5 Å². The van der Waals surface area contributed by atoms with Gasteiger partial charge in [-0.3, -0.25) is 9.59 Å². The zero-order chi connectivity index (χ0) is 23.3. The molecule has 0 saturated carbocycles. The topological polar surface area (TPSA) is 129 Å². The van der Waals surface area contributed by atoms with Crippen LogP contribution in [0.3, 0.4) is 0 Å². The van der Waals surface area contributed by atoms with Crippen molar-refractivity contribution in [2.45, 2.75) is 18.1 Å². The maximum atomic E-state index is 12.5. The fourth-order valence-electron chi connectivity index (χ4n) is 2.83. The third kappa shape index (κ3) is 5.65. The summed E-state index contributed by atoms with van der Waals surface area (Å²) in [7, 11) is 1.74. The Morgan fingerprint density at radius 1 is 1.12 bits per heavy atom. The van der Waals surface area contributed by atoms with Crippen molar-refractivity contribution < 1.29 is 19.5 Å². The maximum Gasteiger partial charge on any atom is 0.253 e. The molecule has 0 unspecified atom stereocenters. The minimum atomic E-state index is -1.28.